The van der Waals surface area contributed by atoms with Gasteiger partial charge in [0.05, 0.1) is 5.60 Å². The first-order chi connectivity index (χ1) is 8.13. The molecular formula is C17H34O. The van der Waals surface area contributed by atoms with E-state index in [0.717, 1.165) is 5.92 Å². The molecule has 1 nitrogen and oxygen atoms in total. The minimum absolute atomic E-state index is 0.500. The monoisotopic (exact) mass is 254 g/mol. The van der Waals surface area contributed by atoms with Gasteiger partial charge in [0.15, 0.2) is 0 Å². The Morgan fingerprint density at radius 2 is 1.11 bits per heavy atom. The van der Waals surface area contributed by atoms with Crippen LogP contribution in [-0.4, -0.2) is 10.7 Å². The Morgan fingerprint density at radius 1 is 0.889 bits per heavy atom. The second-order valence-electron chi connectivity index (χ2n) is 5.56. The van der Waals surface area contributed by atoms with E-state index in [1.54, 1.807) is 20.8 Å². The molecule has 0 fully saturated rings. The van der Waals surface area contributed by atoms with Crippen molar-refractivity contribution in [2.45, 2.75) is 67.9 Å². The zero-order valence-corrected chi connectivity index (χ0v) is 13.9. The molecule has 0 saturated heterocycles. The molecule has 0 spiro atoms. The summed E-state index contributed by atoms with van der Waals surface area (Å²) in [6.07, 6.45) is 0. The third-order valence-electron chi connectivity index (χ3n) is 0.940. The fraction of sp³-hybridized carbons (Fsp3) is 0.647. The van der Waals surface area contributed by atoms with Crippen molar-refractivity contribution < 1.29 is 5.11 Å². The highest BCUT2D eigenvalue weighted by atomic mass is 16.3. The third kappa shape index (κ3) is 59.2. The van der Waals surface area contributed by atoms with Crippen molar-refractivity contribution in [3.63, 3.8) is 0 Å². The van der Waals surface area contributed by atoms with Crippen molar-refractivity contribution in [1.29, 1.82) is 0 Å². The number of aryl methyl sites for hydroxylation is 1. The number of benzene rings is 1. The van der Waals surface area contributed by atoms with Gasteiger partial charge in [-0.05, 0) is 33.6 Å². The smallest absolute Gasteiger partial charge is 0.0563 e. The molecule has 108 valence electrons. The Balaban J connectivity index is -0.000000183. The maximum atomic E-state index is 8.52. The van der Waals surface area contributed by atoms with Gasteiger partial charge in [-0.15, -0.1) is 0 Å². The van der Waals surface area contributed by atoms with Crippen molar-refractivity contribution >= 4 is 0 Å². The molecule has 1 N–H and O–H groups in total. The van der Waals surface area contributed by atoms with E-state index in [1.165, 1.54) is 5.56 Å². The largest absolute Gasteiger partial charge is 0.391 e. The summed E-state index contributed by atoms with van der Waals surface area (Å²) >= 11 is 0. The molecule has 0 saturated carbocycles. The molecule has 0 atom stereocenters. The molecule has 0 heterocycles. The van der Waals surface area contributed by atoms with Gasteiger partial charge >= 0.3 is 0 Å². The summed E-state index contributed by atoms with van der Waals surface area (Å²) in [6, 6.07) is 10.3. The second kappa shape index (κ2) is 14.2. The highest BCUT2D eigenvalue weighted by Crippen LogP contribution is 1.93. The summed E-state index contributed by atoms with van der Waals surface area (Å²) in [6.45, 7) is 17.8. The van der Waals surface area contributed by atoms with Gasteiger partial charge in [-0.25, -0.2) is 0 Å². The number of rotatable bonds is 0. The third-order valence-corrected chi connectivity index (χ3v) is 0.940. The summed E-state index contributed by atoms with van der Waals surface area (Å²) < 4.78 is 0. The average Bonchev–Trinajstić information content (AvgIpc) is 2.18. The SMILES string of the molecule is CC.CC(C)(C)O.CC(C)C.Cc1ccccc1. The minimum Gasteiger partial charge on any atom is -0.391 e. The average molecular weight is 254 g/mol. The van der Waals surface area contributed by atoms with Crippen molar-refractivity contribution in [3.8, 4) is 0 Å². The van der Waals surface area contributed by atoms with Crippen molar-refractivity contribution in [2.75, 3.05) is 0 Å². The van der Waals surface area contributed by atoms with E-state index in [1.807, 2.05) is 32.0 Å². The Hall–Kier alpha value is -0.820. The van der Waals surface area contributed by atoms with Crippen LogP contribution in [0.4, 0.5) is 0 Å². The standard InChI is InChI=1S/C7H8.C4H10O.C4H10.C2H6/c1-7-5-3-2-4-6-7;1-4(2,3)5;1-4(2)3;1-2/h2-6H,1H3;5H,1-3H3;4H,1-3H3;1-2H3. The second-order valence-corrected chi connectivity index (χ2v) is 5.56. The van der Waals surface area contributed by atoms with Crippen LogP contribution in [0.25, 0.3) is 0 Å². The maximum absolute atomic E-state index is 8.52. The van der Waals surface area contributed by atoms with Gasteiger partial charge < -0.3 is 5.11 Å². The highest BCUT2D eigenvalue weighted by Gasteiger charge is 1.97. The first-order valence-corrected chi connectivity index (χ1v) is 6.87. The van der Waals surface area contributed by atoms with Gasteiger partial charge in [0.1, 0.15) is 0 Å². The molecular weight excluding hydrogens is 220 g/mol. The number of hydrogen-bond donors (Lipinski definition) is 1. The van der Waals surface area contributed by atoms with Crippen LogP contribution in [0.3, 0.4) is 0 Å². The highest BCUT2D eigenvalue weighted by molar-refractivity contribution is 5.11. The number of aliphatic hydroxyl groups is 1. The van der Waals surface area contributed by atoms with Crippen LogP contribution in [0.2, 0.25) is 0 Å². The minimum atomic E-state index is -0.500. The Morgan fingerprint density at radius 3 is 1.22 bits per heavy atom. The summed E-state index contributed by atoms with van der Waals surface area (Å²) in [7, 11) is 0. The molecule has 1 rings (SSSR count). The lowest BCUT2D eigenvalue weighted by molar-refractivity contribution is 0.102. The van der Waals surface area contributed by atoms with E-state index < -0.39 is 5.60 Å². The topological polar surface area (TPSA) is 20.2 Å². The van der Waals surface area contributed by atoms with Crippen LogP contribution in [0.15, 0.2) is 30.3 Å². The predicted molar refractivity (Wildman–Crippen MR) is 85.0 cm³/mol. The zero-order valence-electron chi connectivity index (χ0n) is 13.9. The molecule has 0 aliphatic rings. The normalized spacial score (nSPS) is 9.06. The number of hydrogen-bond acceptors (Lipinski definition) is 1. The first-order valence-electron chi connectivity index (χ1n) is 6.87. The van der Waals surface area contributed by atoms with E-state index in [-0.39, 0.29) is 0 Å². The van der Waals surface area contributed by atoms with Gasteiger partial charge in [-0.3, -0.25) is 0 Å². The van der Waals surface area contributed by atoms with Gasteiger partial charge in [0.2, 0.25) is 0 Å². The zero-order chi connectivity index (χ0) is 15.2. The van der Waals surface area contributed by atoms with Gasteiger partial charge in [-0.1, -0.05) is 70.5 Å². The van der Waals surface area contributed by atoms with E-state index in [2.05, 4.69) is 39.8 Å². The molecule has 1 aromatic carbocycles. The van der Waals surface area contributed by atoms with Crippen LogP contribution in [0.5, 0.6) is 0 Å². The van der Waals surface area contributed by atoms with Crippen LogP contribution in [0.1, 0.15) is 61.0 Å². The lowest BCUT2D eigenvalue weighted by Crippen LogP contribution is -2.10. The van der Waals surface area contributed by atoms with Crippen LogP contribution < -0.4 is 0 Å². The molecule has 0 radical (unpaired) electrons. The van der Waals surface area contributed by atoms with E-state index in [9.17, 15) is 0 Å². The molecule has 1 heteroatoms. The Kier molecular flexibility index (Phi) is 17.7. The Bertz CT molecular complexity index is 223. The quantitative estimate of drug-likeness (QED) is 0.651. The molecule has 18 heavy (non-hydrogen) atoms. The van der Waals surface area contributed by atoms with E-state index in [4.69, 9.17) is 5.11 Å². The lowest BCUT2D eigenvalue weighted by atomic mass is 10.2. The van der Waals surface area contributed by atoms with Crippen molar-refractivity contribution in [2.24, 2.45) is 5.92 Å². The molecule has 1 aromatic rings. The molecule has 0 aromatic heterocycles. The van der Waals surface area contributed by atoms with Crippen molar-refractivity contribution in [3.05, 3.63) is 35.9 Å². The molecule has 0 amide bonds. The molecule has 0 unspecified atom stereocenters. The lowest BCUT2D eigenvalue weighted by Gasteiger charge is -2.04. The molecule has 0 bridgehead atoms. The summed E-state index contributed by atoms with van der Waals surface area (Å²) in [5.74, 6) is 0.833. The Labute approximate surface area is 115 Å². The van der Waals surface area contributed by atoms with Crippen LogP contribution in [-0.2, 0) is 0 Å². The molecule has 0 aliphatic heterocycles. The first kappa shape index (κ1) is 22.4. The van der Waals surface area contributed by atoms with Gasteiger partial charge in [-0.2, -0.15) is 0 Å². The van der Waals surface area contributed by atoms with E-state index in [0.29, 0.717) is 0 Å². The predicted octanol–water partition coefficient (Wildman–Crippen LogP) is 5.46. The van der Waals surface area contributed by atoms with Crippen LogP contribution >= 0.6 is 0 Å². The summed E-state index contributed by atoms with van der Waals surface area (Å²) in [4.78, 5) is 0. The summed E-state index contributed by atoms with van der Waals surface area (Å²) in [5.41, 5.74) is 0.822. The fourth-order valence-electron chi connectivity index (χ4n) is 0.534. The van der Waals surface area contributed by atoms with Gasteiger partial charge in [0.25, 0.3) is 0 Å². The van der Waals surface area contributed by atoms with E-state index >= 15 is 0 Å². The van der Waals surface area contributed by atoms with Gasteiger partial charge in [0, 0.05) is 0 Å². The van der Waals surface area contributed by atoms with Crippen molar-refractivity contribution in [1.82, 2.24) is 0 Å². The molecule has 0 aliphatic carbocycles. The van der Waals surface area contributed by atoms with Crippen LogP contribution in [0, 0.1) is 12.8 Å². The fourth-order valence-corrected chi connectivity index (χ4v) is 0.534. The maximum Gasteiger partial charge on any atom is 0.0563 e. The summed E-state index contributed by atoms with van der Waals surface area (Å²) in [5, 5.41) is 8.52.